The summed E-state index contributed by atoms with van der Waals surface area (Å²) < 4.78 is 25.4. The van der Waals surface area contributed by atoms with E-state index in [-0.39, 0.29) is 0 Å². The molecule has 1 saturated heterocycles. The quantitative estimate of drug-likeness (QED) is 0.162. The Morgan fingerprint density at radius 2 is 0.649 bits per heavy atom. The monoisotopic (exact) mass is 2210 g/mol. The maximum absolute atomic E-state index is 6.40. The number of rotatable bonds is 4. The fourth-order valence-corrected chi connectivity index (χ4v) is 133. The van der Waals surface area contributed by atoms with Crippen molar-refractivity contribution < 1.29 is 18.1 Å². The third-order valence-corrected chi connectivity index (χ3v) is 116. The first-order valence-corrected chi connectivity index (χ1v) is 89.4. The summed E-state index contributed by atoms with van der Waals surface area (Å²) in [6.07, 6.45) is 0. The molecule has 0 unspecified atom stereocenters. The third kappa shape index (κ3) is 33.2. The van der Waals surface area contributed by atoms with Crippen LogP contribution in [-0.2, 0) is 458 Å². The molecule has 9 rings (SSSR count). The highest BCUT2D eigenvalue weighted by Gasteiger charge is 2.51. The van der Waals surface area contributed by atoms with Crippen LogP contribution in [0.4, 0.5) is 0 Å². The number of benzene rings is 5. The molecule has 6 nitrogen and oxygen atoms in total. The van der Waals surface area contributed by atoms with Gasteiger partial charge in [0.25, 0.3) is 0 Å². The Kier molecular flexibility index (Phi) is 48.9. The standard InChI is InChI=1S/C40H31BN2O4.S50/c1-39(2)40(3,4)47-41(46-39)26-18-20-34-30(22-26)37-29(14-10-16-35(37)44-34)38-42-31(24-11-6-5-7-12-24)23-32(43-38)25-17-19-28-27-13-8-9-15-33(27)45-36(28)21-25;1-3-5-7-9-11-13-15-17-19-21-23-25-27-29-31-33-35-37-39-41-43-45-47-49-50-48-46-44-42-40-38-36-34-32-30-28-26-24-22-20-18-16-14-12-10-8-6-4-2/h5-23H,1-4H3;. The summed E-state index contributed by atoms with van der Waals surface area (Å²) in [5.74, 6) is 0.611. The molecule has 0 amide bonds. The molecule has 0 bridgehead atoms. The van der Waals surface area contributed by atoms with E-state index in [4.69, 9.17) is 50.5 Å². The Hall–Kier alpha value is 5.76. The lowest BCUT2D eigenvalue weighted by Gasteiger charge is -2.32. The highest BCUT2D eigenvalue weighted by molar-refractivity contribution is 8.82. The van der Waals surface area contributed by atoms with Crippen molar-refractivity contribution >= 4 is 505 Å². The van der Waals surface area contributed by atoms with Gasteiger partial charge in [-0.2, -0.15) is 0 Å². The van der Waals surface area contributed by atoms with Crippen molar-refractivity contribution in [3.05, 3.63) is 115 Å². The van der Waals surface area contributed by atoms with Gasteiger partial charge in [-0.05, 0) is 69.6 Å². The highest BCUT2D eigenvalue weighted by atomic mass is 33.5. The number of aromatic nitrogens is 2. The van der Waals surface area contributed by atoms with Crippen LogP contribution in [0.15, 0.2) is 124 Å². The molecule has 1 aliphatic rings. The summed E-state index contributed by atoms with van der Waals surface area (Å²) in [6.45, 7) is 8.27. The highest BCUT2D eigenvalue weighted by Crippen LogP contribution is 2.40. The Bertz CT molecular complexity index is 6580. The summed E-state index contributed by atoms with van der Waals surface area (Å²) in [6, 6.07) is 38.8. The average Bonchev–Trinajstić information content (AvgIpc) is 1.64. The molecule has 5 aromatic carbocycles. The van der Waals surface area contributed by atoms with Gasteiger partial charge < -0.3 is 18.1 Å². The van der Waals surface area contributed by atoms with Gasteiger partial charge in [0.1, 0.15) is 22.3 Å². The molecule has 0 spiro atoms. The Morgan fingerprint density at radius 1 is 0.299 bits per heavy atom. The van der Waals surface area contributed by atoms with Crippen molar-refractivity contribution in [2.45, 2.75) is 38.9 Å². The van der Waals surface area contributed by atoms with Crippen molar-refractivity contribution in [1.82, 2.24) is 9.97 Å². The zero-order valence-corrected chi connectivity index (χ0v) is 87.8. The molecule has 528 valence electrons. The van der Waals surface area contributed by atoms with Gasteiger partial charge >= 0.3 is 7.12 Å². The minimum absolute atomic E-state index is 0.441. The van der Waals surface area contributed by atoms with E-state index in [1.807, 2.05) is 369 Å². The Balaban J connectivity index is 0.000000248. The largest absolute Gasteiger partial charge is 0.494 e. The van der Waals surface area contributed by atoms with Gasteiger partial charge in [-0.3, -0.25) is 0 Å². The maximum Gasteiger partial charge on any atom is 0.494 e. The number of nitrogens with zero attached hydrogens (tertiary/aromatic N) is 2. The molecule has 3 aromatic heterocycles. The van der Waals surface area contributed by atoms with Crippen molar-refractivity contribution in [2.24, 2.45) is 0 Å². The lowest BCUT2D eigenvalue weighted by molar-refractivity contribution is 0.00578. The van der Waals surface area contributed by atoms with E-state index < -0.39 is 18.3 Å². The van der Waals surface area contributed by atoms with Gasteiger partial charge in [0.15, 0.2) is 5.82 Å². The van der Waals surface area contributed by atoms with Gasteiger partial charge in [-0.1, -0.05) is 78.9 Å². The van der Waals surface area contributed by atoms with E-state index in [1.165, 1.54) is 17.8 Å². The smallest absolute Gasteiger partial charge is 0.456 e. The molecule has 0 aliphatic carbocycles. The lowest BCUT2D eigenvalue weighted by atomic mass is 9.78. The van der Waals surface area contributed by atoms with E-state index in [0.29, 0.717) is 5.82 Å². The van der Waals surface area contributed by atoms with E-state index in [2.05, 4.69) is 76.2 Å². The molecule has 1 fully saturated rings. The second kappa shape index (κ2) is 53.7. The molecular formula is C40H31BN2O4S50. The van der Waals surface area contributed by atoms with Crippen molar-refractivity contribution in [3.8, 4) is 33.9 Å². The third-order valence-electron chi connectivity index (χ3n) is 11.1. The number of hydrogen-bond acceptors (Lipinski definition) is 8. The maximum atomic E-state index is 6.40. The molecule has 0 atom stereocenters. The number of para-hydroxylation sites is 1. The summed E-state index contributed by atoms with van der Waals surface area (Å²) in [5, 5.41) is 4.08. The molecule has 0 N–H and O–H groups in total. The lowest BCUT2D eigenvalue weighted by Crippen LogP contribution is -2.41. The molecule has 57 heteroatoms. The van der Waals surface area contributed by atoms with Crippen LogP contribution in [0.2, 0.25) is 0 Å². The van der Waals surface area contributed by atoms with E-state index in [9.17, 15) is 0 Å². The van der Waals surface area contributed by atoms with Gasteiger partial charge in [0.2, 0.25) is 0 Å². The fraction of sp³-hybridized carbons (Fsp3) is 0.150. The molecule has 4 heterocycles. The van der Waals surface area contributed by atoms with E-state index >= 15 is 0 Å². The number of hydrogen-bond donors (Lipinski definition) is 0. The second-order valence-corrected chi connectivity index (χ2v) is 101. The van der Waals surface area contributed by atoms with Crippen LogP contribution in [0, 0.1) is 0 Å². The van der Waals surface area contributed by atoms with Crippen LogP contribution in [0.5, 0.6) is 0 Å². The predicted octanol–water partition coefficient (Wildman–Crippen LogP) is 9.46. The SMILES string of the molecule is CC1(C)OB(c2ccc3oc4cccc(-c5nc(-c6ccccc6)cc(-c6ccc7c(c6)oc6ccccc67)n5)c4c3c2)OC1(C)C.S=S=S=S=S=S=S=S=S=S=S=S=S=S=S=S=S=S=S=S=S=S=S=S=S=S=S=S=S=S=S=S=S=S=S=S=S=S=S=S=S=S=S=S=S=S=S=S=S=S. The molecule has 1 aliphatic heterocycles. The van der Waals surface area contributed by atoms with Gasteiger partial charge in [0, 0.05) is 487 Å². The Morgan fingerprint density at radius 3 is 1.07 bits per heavy atom. The Labute approximate surface area is 705 Å². The molecular weight excluding hydrogens is 2190 g/mol. The second-order valence-electron chi connectivity index (χ2n) is 16.5. The van der Waals surface area contributed by atoms with Crippen molar-refractivity contribution in [1.29, 1.82) is 0 Å². The summed E-state index contributed by atoms with van der Waals surface area (Å²) in [5.41, 5.74) is 7.77. The van der Waals surface area contributed by atoms with Crippen molar-refractivity contribution in [3.63, 3.8) is 0 Å². The summed E-state index contributed by atoms with van der Waals surface area (Å²) >= 11 is 9.62. The van der Waals surface area contributed by atoms with Crippen LogP contribution >= 0.6 is 0 Å². The first-order chi connectivity index (χ1) is 47.7. The topological polar surface area (TPSA) is 70.5 Å². The fourth-order valence-electron chi connectivity index (χ4n) is 7.04. The minimum atomic E-state index is -0.487. The molecule has 8 aromatic rings. The zero-order chi connectivity index (χ0) is 67.9. The first-order valence-electron chi connectivity index (χ1n) is 24.1. The first kappa shape index (κ1) is 88.3. The average molecular weight is 2220 g/mol. The van der Waals surface area contributed by atoms with Crippen LogP contribution in [0.25, 0.3) is 77.8 Å². The number of furan rings is 2. The van der Waals surface area contributed by atoms with Crippen LogP contribution in [0.3, 0.4) is 0 Å². The summed E-state index contributed by atoms with van der Waals surface area (Å²) in [7, 11) is 85.2. The van der Waals surface area contributed by atoms with Gasteiger partial charge in [-0.15, -0.1) is 0 Å². The van der Waals surface area contributed by atoms with Gasteiger partial charge in [0.05, 0.1) is 22.6 Å². The predicted molar refractivity (Wildman–Crippen MR) is 557 cm³/mol. The molecule has 0 saturated carbocycles. The van der Waals surface area contributed by atoms with Crippen LogP contribution < -0.4 is 5.46 Å². The summed E-state index contributed by atoms with van der Waals surface area (Å²) in [4.78, 5) is 10.3. The molecule has 0 radical (unpaired) electrons. The normalized spacial score (nSPS) is 11.6. The van der Waals surface area contributed by atoms with Crippen LogP contribution in [0.1, 0.15) is 27.7 Å². The number of fused-ring (bicyclic) bond motifs is 6. The minimum Gasteiger partial charge on any atom is -0.456 e. The zero-order valence-electron chi connectivity index (χ0n) is 47.0. The van der Waals surface area contributed by atoms with Crippen molar-refractivity contribution in [2.75, 3.05) is 0 Å². The molecule has 97 heavy (non-hydrogen) atoms. The van der Waals surface area contributed by atoms with Crippen LogP contribution in [-0.4, -0.2) is 28.3 Å². The van der Waals surface area contributed by atoms with E-state index in [0.717, 1.165) is 77.4 Å². The van der Waals surface area contributed by atoms with Gasteiger partial charge in [-0.25, -0.2) is 9.97 Å². The van der Waals surface area contributed by atoms with E-state index in [1.54, 1.807) is 107 Å².